The normalized spacial score (nSPS) is 10.9. The molecule has 0 fully saturated rings. The van der Waals surface area contributed by atoms with E-state index < -0.39 is 11.7 Å². The Balaban J connectivity index is 2.56. The molecule has 0 saturated carbocycles. The van der Waals surface area contributed by atoms with E-state index in [1.54, 1.807) is 20.8 Å². The fourth-order valence-corrected chi connectivity index (χ4v) is 1.27. The van der Waals surface area contributed by atoms with Crippen molar-refractivity contribution in [3.63, 3.8) is 0 Å². The van der Waals surface area contributed by atoms with Crippen molar-refractivity contribution in [2.24, 2.45) is 0 Å². The molecule has 0 saturated heterocycles. The van der Waals surface area contributed by atoms with Crippen LogP contribution in [0.1, 0.15) is 20.8 Å². The second-order valence-corrected chi connectivity index (χ2v) is 5.28. The lowest BCUT2D eigenvalue weighted by atomic mass is 10.2. The van der Waals surface area contributed by atoms with Gasteiger partial charge in [0, 0.05) is 6.20 Å². The summed E-state index contributed by atoms with van der Waals surface area (Å²) in [5.41, 5.74) is 4.34. The number of aromatic nitrogens is 2. The number of nitrogens with zero attached hydrogens (tertiary/aromatic N) is 2. The van der Waals surface area contributed by atoms with Crippen molar-refractivity contribution in [1.82, 2.24) is 15.4 Å². The van der Waals surface area contributed by atoms with Gasteiger partial charge in [-0.05, 0) is 48.3 Å². The lowest BCUT2D eigenvalue weighted by molar-refractivity contribution is 0.0541. The van der Waals surface area contributed by atoms with E-state index in [0.717, 1.165) is 0 Å². The highest BCUT2D eigenvalue weighted by molar-refractivity contribution is 9.10. The van der Waals surface area contributed by atoms with Crippen LogP contribution in [0.2, 0.25) is 5.28 Å². The van der Waals surface area contributed by atoms with Gasteiger partial charge >= 0.3 is 6.09 Å². The molecule has 0 spiro atoms. The van der Waals surface area contributed by atoms with Crippen molar-refractivity contribution in [1.29, 1.82) is 0 Å². The van der Waals surface area contributed by atoms with E-state index in [0.29, 0.717) is 10.3 Å². The highest BCUT2D eigenvalue weighted by atomic mass is 79.9. The Labute approximate surface area is 112 Å². The molecular formula is C9H12BrClN4O2. The number of anilines is 1. The van der Waals surface area contributed by atoms with Crippen LogP contribution in [-0.4, -0.2) is 21.7 Å². The first-order chi connectivity index (χ1) is 7.78. The van der Waals surface area contributed by atoms with Crippen molar-refractivity contribution in [2.45, 2.75) is 26.4 Å². The molecule has 2 N–H and O–H groups in total. The van der Waals surface area contributed by atoms with E-state index in [1.807, 2.05) is 0 Å². The van der Waals surface area contributed by atoms with E-state index in [-0.39, 0.29) is 5.28 Å². The summed E-state index contributed by atoms with van der Waals surface area (Å²) in [6.07, 6.45) is 0.855. The molecule has 0 radical (unpaired) electrons. The van der Waals surface area contributed by atoms with Crippen LogP contribution in [0, 0.1) is 0 Å². The fraction of sp³-hybridized carbons (Fsp3) is 0.444. The highest BCUT2D eigenvalue weighted by Gasteiger charge is 2.16. The molecule has 0 atom stereocenters. The van der Waals surface area contributed by atoms with Crippen LogP contribution < -0.4 is 10.9 Å². The van der Waals surface area contributed by atoms with Gasteiger partial charge in [-0.3, -0.25) is 5.43 Å². The average Bonchev–Trinajstić information content (AvgIpc) is 2.17. The number of halogens is 2. The number of hydrogen-bond donors (Lipinski definition) is 2. The third kappa shape index (κ3) is 5.18. The van der Waals surface area contributed by atoms with E-state index in [4.69, 9.17) is 16.3 Å². The first kappa shape index (κ1) is 14.0. The van der Waals surface area contributed by atoms with E-state index in [9.17, 15) is 4.79 Å². The summed E-state index contributed by atoms with van der Waals surface area (Å²) in [7, 11) is 0. The average molecular weight is 324 g/mol. The second-order valence-electron chi connectivity index (χ2n) is 4.09. The summed E-state index contributed by atoms with van der Waals surface area (Å²) in [4.78, 5) is 19.0. The number of rotatable bonds is 2. The number of hydrogen-bond acceptors (Lipinski definition) is 5. The maximum Gasteiger partial charge on any atom is 0.426 e. The van der Waals surface area contributed by atoms with Gasteiger partial charge in [-0.25, -0.2) is 15.2 Å². The molecule has 94 valence electrons. The molecule has 0 unspecified atom stereocenters. The smallest absolute Gasteiger partial charge is 0.426 e. The summed E-state index contributed by atoms with van der Waals surface area (Å²) in [5, 5.41) is 0.0710. The molecule has 1 heterocycles. The quantitative estimate of drug-likeness (QED) is 0.646. The van der Waals surface area contributed by atoms with Gasteiger partial charge in [-0.1, -0.05) is 0 Å². The summed E-state index contributed by atoms with van der Waals surface area (Å²) in [6.45, 7) is 5.30. The molecule has 0 aliphatic rings. The summed E-state index contributed by atoms with van der Waals surface area (Å²) in [6, 6.07) is 0. The standard InChI is InChI=1S/C9H12BrClN4O2/c1-9(2,3)17-8(16)15-14-6-5(10)4-12-7(11)13-6/h4H,1-3H3,(H,15,16)(H,12,13,14). The lowest BCUT2D eigenvalue weighted by Gasteiger charge is -2.20. The van der Waals surface area contributed by atoms with Gasteiger partial charge in [0.2, 0.25) is 5.28 Å². The number of nitrogens with one attached hydrogen (secondary N) is 2. The number of carbonyl (C=O) groups excluding carboxylic acids is 1. The Morgan fingerprint density at radius 2 is 2.18 bits per heavy atom. The zero-order chi connectivity index (χ0) is 13.1. The minimum atomic E-state index is -0.612. The van der Waals surface area contributed by atoms with Gasteiger partial charge in [-0.2, -0.15) is 4.98 Å². The minimum absolute atomic E-state index is 0.0710. The molecule has 1 aromatic rings. The van der Waals surface area contributed by atoms with Gasteiger partial charge in [0.1, 0.15) is 5.60 Å². The maximum atomic E-state index is 11.3. The molecule has 0 aromatic carbocycles. The van der Waals surface area contributed by atoms with Crippen LogP contribution in [0.15, 0.2) is 10.7 Å². The van der Waals surface area contributed by atoms with E-state index in [2.05, 4.69) is 36.7 Å². The predicted molar refractivity (Wildman–Crippen MR) is 67.7 cm³/mol. The topological polar surface area (TPSA) is 76.1 Å². The Kier molecular flexibility index (Phi) is 4.53. The van der Waals surface area contributed by atoms with Crippen LogP contribution in [0.5, 0.6) is 0 Å². The molecule has 8 heteroatoms. The van der Waals surface area contributed by atoms with Crippen molar-refractivity contribution >= 4 is 39.4 Å². The Hall–Kier alpha value is -1.08. The monoisotopic (exact) mass is 322 g/mol. The summed E-state index contributed by atoms with van der Waals surface area (Å²) in [5.74, 6) is 0.343. The van der Waals surface area contributed by atoms with E-state index >= 15 is 0 Å². The van der Waals surface area contributed by atoms with Crippen molar-refractivity contribution in [3.05, 3.63) is 16.0 Å². The van der Waals surface area contributed by atoms with Crippen LogP contribution in [-0.2, 0) is 4.74 Å². The third-order valence-electron chi connectivity index (χ3n) is 1.40. The molecule has 0 bridgehead atoms. The molecule has 1 rings (SSSR count). The van der Waals surface area contributed by atoms with Crippen molar-refractivity contribution in [3.8, 4) is 0 Å². The molecule has 1 amide bonds. The fourth-order valence-electron chi connectivity index (χ4n) is 0.847. The van der Waals surface area contributed by atoms with Crippen LogP contribution in [0.25, 0.3) is 0 Å². The van der Waals surface area contributed by atoms with Gasteiger partial charge in [0.15, 0.2) is 5.82 Å². The van der Waals surface area contributed by atoms with Gasteiger partial charge in [-0.15, -0.1) is 0 Å². The predicted octanol–water partition coefficient (Wildman–Crippen LogP) is 2.74. The van der Waals surface area contributed by atoms with Crippen LogP contribution in [0.4, 0.5) is 10.6 Å². The van der Waals surface area contributed by atoms with Crippen molar-refractivity contribution in [2.75, 3.05) is 5.43 Å². The zero-order valence-electron chi connectivity index (χ0n) is 9.54. The van der Waals surface area contributed by atoms with Crippen molar-refractivity contribution < 1.29 is 9.53 Å². The number of amides is 1. The van der Waals surface area contributed by atoms with Crippen LogP contribution >= 0.6 is 27.5 Å². The minimum Gasteiger partial charge on any atom is -0.443 e. The number of hydrazine groups is 1. The molecule has 0 aliphatic heterocycles. The maximum absolute atomic E-state index is 11.3. The third-order valence-corrected chi connectivity index (χ3v) is 2.16. The zero-order valence-corrected chi connectivity index (χ0v) is 11.9. The summed E-state index contributed by atoms with van der Waals surface area (Å²) < 4.78 is 5.59. The largest absolute Gasteiger partial charge is 0.443 e. The molecule has 1 aromatic heterocycles. The van der Waals surface area contributed by atoms with Gasteiger partial charge in [0.25, 0.3) is 0 Å². The van der Waals surface area contributed by atoms with Crippen LogP contribution in [0.3, 0.4) is 0 Å². The molecular weight excluding hydrogens is 311 g/mol. The number of carbonyl (C=O) groups is 1. The lowest BCUT2D eigenvalue weighted by Crippen LogP contribution is -2.36. The first-order valence-corrected chi connectivity index (χ1v) is 5.88. The Morgan fingerprint density at radius 3 is 2.76 bits per heavy atom. The molecule has 6 nitrogen and oxygen atoms in total. The second kappa shape index (κ2) is 5.50. The van der Waals surface area contributed by atoms with Gasteiger partial charge in [0.05, 0.1) is 4.47 Å². The Morgan fingerprint density at radius 1 is 1.53 bits per heavy atom. The Bertz CT molecular complexity index is 422. The molecule has 0 aliphatic carbocycles. The highest BCUT2D eigenvalue weighted by Crippen LogP contribution is 2.19. The number of ether oxygens (including phenoxy) is 1. The SMILES string of the molecule is CC(C)(C)OC(=O)NNc1nc(Cl)ncc1Br. The first-order valence-electron chi connectivity index (χ1n) is 4.71. The van der Waals surface area contributed by atoms with Gasteiger partial charge < -0.3 is 4.74 Å². The molecule has 17 heavy (non-hydrogen) atoms. The summed E-state index contributed by atoms with van der Waals surface area (Å²) >= 11 is 8.82. The van der Waals surface area contributed by atoms with E-state index in [1.165, 1.54) is 6.20 Å².